The number of rotatable bonds is 0. The number of para-hydroxylation sites is 1. The Morgan fingerprint density at radius 3 is 2.28 bits per heavy atom. The highest BCUT2D eigenvalue weighted by Crippen LogP contribution is 2.48. The van der Waals surface area contributed by atoms with Crippen molar-refractivity contribution in [3.05, 3.63) is 58.1 Å². The van der Waals surface area contributed by atoms with Gasteiger partial charge in [0.15, 0.2) is 0 Å². The third kappa shape index (κ3) is 4.12. The highest BCUT2D eigenvalue weighted by Gasteiger charge is 2.44. The number of fused-ring (bicyclic) bond motifs is 4. The number of halogens is 1. The Labute approximate surface area is 208 Å². The minimum absolute atomic E-state index is 0.174. The number of benzene rings is 2. The molecule has 1 amide bonds. The van der Waals surface area contributed by atoms with Crippen LogP contribution in [0.25, 0.3) is 0 Å². The first kappa shape index (κ1) is 22.7. The summed E-state index contributed by atoms with van der Waals surface area (Å²) >= 11 is 7.67. The van der Waals surface area contributed by atoms with E-state index in [2.05, 4.69) is 69.4 Å². The van der Waals surface area contributed by atoms with Gasteiger partial charge in [0.05, 0.1) is 0 Å². The minimum atomic E-state index is 0.174. The number of thioether (sulfide) groups is 2. The molecule has 32 heavy (non-hydrogen) atoms. The molecule has 0 radical (unpaired) electrons. The van der Waals surface area contributed by atoms with E-state index in [0.29, 0.717) is 5.41 Å². The van der Waals surface area contributed by atoms with E-state index in [1.54, 1.807) is 12.5 Å². The van der Waals surface area contributed by atoms with E-state index in [1.807, 2.05) is 22.7 Å². The van der Waals surface area contributed by atoms with Gasteiger partial charge in [-0.05, 0) is 78.0 Å². The Morgan fingerprint density at radius 1 is 0.938 bits per heavy atom. The first-order valence-corrected chi connectivity index (χ1v) is 14.7. The normalized spacial score (nSPS) is 22.0. The van der Waals surface area contributed by atoms with Crippen LogP contribution in [0.2, 0.25) is 0 Å². The highest BCUT2D eigenvalue weighted by atomic mass is 79.9. The molecule has 4 aliphatic rings. The van der Waals surface area contributed by atoms with Crippen molar-refractivity contribution < 1.29 is 4.79 Å². The lowest BCUT2D eigenvalue weighted by molar-refractivity contribution is -0.116. The Bertz CT molecular complexity index is 999. The van der Waals surface area contributed by atoms with Gasteiger partial charge < -0.3 is 10.2 Å². The smallest absolute Gasteiger partial charge is 0.223 e. The van der Waals surface area contributed by atoms with Crippen molar-refractivity contribution in [2.24, 2.45) is 0 Å². The Hall–Kier alpha value is -1.11. The number of hydrogen-bond donors (Lipinski definition) is 1. The molecule has 2 aromatic rings. The molecule has 6 rings (SSSR count). The quantitative estimate of drug-likeness (QED) is 0.423. The molecule has 0 aromatic heterocycles. The predicted octanol–water partition coefficient (Wildman–Crippen LogP) is 6.46. The zero-order valence-corrected chi connectivity index (χ0v) is 21.9. The van der Waals surface area contributed by atoms with Gasteiger partial charge in [0.25, 0.3) is 0 Å². The first-order valence-electron chi connectivity index (χ1n) is 11.6. The summed E-state index contributed by atoms with van der Waals surface area (Å²) in [5.41, 5.74) is 6.12. The van der Waals surface area contributed by atoms with E-state index >= 15 is 0 Å². The Kier molecular flexibility index (Phi) is 6.56. The van der Waals surface area contributed by atoms with Crippen LogP contribution in [0.4, 0.5) is 11.4 Å². The number of hydrogen-bond acceptors (Lipinski definition) is 4. The van der Waals surface area contributed by atoms with Crippen molar-refractivity contribution in [2.45, 2.75) is 43.4 Å². The fraction of sp³-hybridized carbons (Fsp3) is 0.500. The molecular formula is C26H31BrN2OS2. The van der Waals surface area contributed by atoms with Crippen molar-refractivity contribution >= 4 is 56.7 Å². The molecule has 0 aliphatic carbocycles. The molecule has 0 saturated carbocycles. The molecule has 0 atom stereocenters. The minimum Gasteiger partial charge on any atom is -0.384 e. The molecule has 170 valence electrons. The van der Waals surface area contributed by atoms with Gasteiger partial charge in [0.1, 0.15) is 0 Å². The molecule has 3 nitrogen and oxygen atoms in total. The van der Waals surface area contributed by atoms with Gasteiger partial charge in [0, 0.05) is 46.7 Å². The van der Waals surface area contributed by atoms with E-state index in [1.165, 1.54) is 64.4 Å². The topological polar surface area (TPSA) is 32.3 Å². The van der Waals surface area contributed by atoms with Gasteiger partial charge in [-0.15, -0.1) is 0 Å². The van der Waals surface area contributed by atoms with E-state index in [9.17, 15) is 4.79 Å². The number of nitrogens with zero attached hydrogens (tertiary/aromatic N) is 1. The molecule has 6 heteroatoms. The van der Waals surface area contributed by atoms with E-state index in [4.69, 9.17) is 0 Å². The van der Waals surface area contributed by atoms with Gasteiger partial charge in [0.2, 0.25) is 5.91 Å². The van der Waals surface area contributed by atoms with Gasteiger partial charge in [-0.25, -0.2) is 0 Å². The zero-order valence-electron chi connectivity index (χ0n) is 18.7. The largest absolute Gasteiger partial charge is 0.384 e. The van der Waals surface area contributed by atoms with Crippen LogP contribution in [0.1, 0.15) is 43.7 Å². The molecule has 1 N–H and O–H groups in total. The molecule has 0 unspecified atom stereocenters. The maximum Gasteiger partial charge on any atom is 0.223 e. The van der Waals surface area contributed by atoms with Crippen LogP contribution in [0.3, 0.4) is 0 Å². The molecule has 4 heterocycles. The Balaban J connectivity index is 0.000000136. The maximum atomic E-state index is 11.8. The highest BCUT2D eigenvalue weighted by molar-refractivity contribution is 9.10. The predicted molar refractivity (Wildman–Crippen MR) is 144 cm³/mol. The average Bonchev–Trinajstić information content (AvgIpc) is 3.31. The zero-order chi connectivity index (χ0) is 22.2. The number of carbonyl (C=O) groups is 1. The van der Waals surface area contributed by atoms with E-state index in [-0.39, 0.29) is 11.3 Å². The summed E-state index contributed by atoms with van der Waals surface area (Å²) in [7, 11) is 0. The summed E-state index contributed by atoms with van der Waals surface area (Å²) in [4.78, 5) is 13.7. The first-order chi connectivity index (χ1) is 15.5. The van der Waals surface area contributed by atoms with Gasteiger partial charge in [-0.2, -0.15) is 23.5 Å². The van der Waals surface area contributed by atoms with Crippen LogP contribution in [-0.2, 0) is 15.6 Å². The lowest BCUT2D eigenvalue weighted by Gasteiger charge is -2.33. The summed E-state index contributed by atoms with van der Waals surface area (Å²) in [6.07, 6.45) is 5.08. The average molecular weight is 532 g/mol. The fourth-order valence-electron chi connectivity index (χ4n) is 5.79. The molecular weight excluding hydrogens is 500 g/mol. The second kappa shape index (κ2) is 9.27. The molecule has 2 spiro atoms. The molecule has 2 fully saturated rings. The molecule has 0 bridgehead atoms. The standard InChI is InChI=1S/C14H17NOS.C12H14BrNS/c1-11(16)15-10-14(6-8-17-9-7-14)12-4-2-3-5-13(12)15;13-9-1-2-10-11(7-9)14-8-12(10)3-5-15-6-4-12/h2-5H,6-10H2,1H3;1-2,7,14H,3-6,8H2. The van der Waals surface area contributed by atoms with E-state index in [0.717, 1.165) is 18.8 Å². The molecule has 2 aromatic carbocycles. The van der Waals surface area contributed by atoms with E-state index < -0.39 is 0 Å². The molecule has 2 saturated heterocycles. The van der Waals surface area contributed by atoms with Crippen molar-refractivity contribution in [3.63, 3.8) is 0 Å². The van der Waals surface area contributed by atoms with Crippen LogP contribution in [0.15, 0.2) is 46.9 Å². The van der Waals surface area contributed by atoms with Crippen LogP contribution in [0.5, 0.6) is 0 Å². The van der Waals surface area contributed by atoms with Crippen LogP contribution in [-0.4, -0.2) is 42.0 Å². The van der Waals surface area contributed by atoms with Crippen molar-refractivity contribution in [1.29, 1.82) is 0 Å². The Morgan fingerprint density at radius 2 is 1.59 bits per heavy atom. The third-order valence-electron chi connectivity index (χ3n) is 7.68. The number of carbonyl (C=O) groups excluding carboxylic acids is 1. The van der Waals surface area contributed by atoms with Gasteiger partial charge in [-0.3, -0.25) is 4.79 Å². The monoisotopic (exact) mass is 530 g/mol. The maximum absolute atomic E-state index is 11.8. The SMILES string of the molecule is Brc1ccc2c(c1)NCC21CCSCC1.CC(=O)N1CC2(CCSCC2)c2ccccc21. The van der Waals surface area contributed by atoms with Crippen molar-refractivity contribution in [2.75, 3.05) is 46.3 Å². The van der Waals surface area contributed by atoms with Crippen molar-refractivity contribution in [1.82, 2.24) is 0 Å². The van der Waals surface area contributed by atoms with Gasteiger partial charge in [-0.1, -0.05) is 40.2 Å². The second-order valence-corrected chi connectivity index (χ2v) is 12.8. The lowest BCUT2D eigenvalue weighted by atomic mass is 9.77. The lowest BCUT2D eigenvalue weighted by Crippen LogP contribution is -2.38. The number of amides is 1. The number of anilines is 2. The summed E-state index contributed by atoms with van der Waals surface area (Å²) in [6, 6.07) is 15.1. The third-order valence-corrected chi connectivity index (χ3v) is 10.1. The summed E-state index contributed by atoms with van der Waals surface area (Å²) in [5, 5.41) is 3.56. The van der Waals surface area contributed by atoms with Crippen LogP contribution >= 0.6 is 39.5 Å². The summed E-state index contributed by atoms with van der Waals surface area (Å²) in [6.45, 7) is 3.70. The number of nitrogens with one attached hydrogen (secondary N) is 1. The van der Waals surface area contributed by atoms with Crippen LogP contribution < -0.4 is 10.2 Å². The molecule has 4 aliphatic heterocycles. The second-order valence-electron chi connectivity index (χ2n) is 9.45. The summed E-state index contributed by atoms with van der Waals surface area (Å²) < 4.78 is 1.18. The van der Waals surface area contributed by atoms with Crippen LogP contribution in [0, 0.1) is 0 Å². The van der Waals surface area contributed by atoms with Gasteiger partial charge >= 0.3 is 0 Å². The van der Waals surface area contributed by atoms with Crippen molar-refractivity contribution in [3.8, 4) is 0 Å². The fourth-order valence-corrected chi connectivity index (χ4v) is 8.70. The summed E-state index contributed by atoms with van der Waals surface area (Å²) in [5.74, 6) is 5.25.